The molecular weight excluding hydrogens is 345 g/mol. The van der Waals surface area contributed by atoms with E-state index in [1.165, 1.54) is 12.1 Å². The highest BCUT2D eigenvalue weighted by molar-refractivity contribution is 6.09. The minimum atomic E-state index is -0.298. The molecule has 1 amide bonds. The van der Waals surface area contributed by atoms with Crippen LogP contribution in [-0.2, 0) is 12.8 Å². The van der Waals surface area contributed by atoms with E-state index >= 15 is 0 Å². The molecule has 4 nitrogen and oxygen atoms in total. The van der Waals surface area contributed by atoms with Crippen molar-refractivity contribution in [1.82, 2.24) is 0 Å². The number of anilines is 1. The largest absolute Gasteiger partial charge is 0.455 e. The molecule has 27 heavy (non-hydrogen) atoms. The zero-order chi connectivity index (χ0) is 19.5. The minimum Gasteiger partial charge on any atom is -0.455 e. The van der Waals surface area contributed by atoms with Crippen LogP contribution in [0.2, 0.25) is 0 Å². The van der Waals surface area contributed by atoms with Gasteiger partial charge in [-0.3, -0.25) is 9.59 Å². The smallest absolute Gasteiger partial charge is 0.294 e. The summed E-state index contributed by atoms with van der Waals surface area (Å²) in [4.78, 5) is 27.7. The molecule has 142 valence electrons. The van der Waals surface area contributed by atoms with E-state index < -0.39 is 0 Å². The van der Waals surface area contributed by atoms with E-state index in [1.54, 1.807) is 17.9 Å². The number of carbonyl (C=O) groups is 2. The first kappa shape index (κ1) is 18.0. The molecule has 1 aromatic heterocycles. The number of fused-ring (bicyclic) bond motifs is 2. The number of nitrogens with zero attached hydrogens (tertiary/aromatic N) is 1. The second kappa shape index (κ2) is 6.04. The number of aryl methyl sites for hydroxylation is 1. The number of halogens is 1. The van der Waals surface area contributed by atoms with E-state index in [1.807, 2.05) is 20.8 Å². The molecule has 0 bridgehead atoms. The molecule has 0 radical (unpaired) electrons. The van der Waals surface area contributed by atoms with E-state index in [2.05, 4.69) is 0 Å². The molecule has 4 rings (SSSR count). The van der Waals surface area contributed by atoms with Crippen molar-refractivity contribution in [3.8, 4) is 0 Å². The lowest BCUT2D eigenvalue weighted by Crippen LogP contribution is -2.42. The first-order chi connectivity index (χ1) is 12.7. The third-order valence-corrected chi connectivity index (χ3v) is 5.76. The lowest BCUT2D eigenvalue weighted by molar-refractivity contribution is 0.0894. The van der Waals surface area contributed by atoms with E-state index in [-0.39, 0.29) is 34.7 Å². The molecule has 1 unspecified atom stereocenters. The highest BCUT2D eigenvalue weighted by Gasteiger charge is 2.39. The van der Waals surface area contributed by atoms with E-state index in [0.717, 1.165) is 24.1 Å². The van der Waals surface area contributed by atoms with Crippen molar-refractivity contribution in [2.45, 2.75) is 59.4 Å². The van der Waals surface area contributed by atoms with Gasteiger partial charge in [0.1, 0.15) is 11.6 Å². The number of hydrogen-bond donors (Lipinski definition) is 0. The summed E-state index contributed by atoms with van der Waals surface area (Å²) < 4.78 is 19.6. The average Bonchev–Trinajstić information content (AvgIpc) is 2.89. The van der Waals surface area contributed by atoms with Crippen molar-refractivity contribution in [2.24, 2.45) is 5.41 Å². The Morgan fingerprint density at radius 1 is 1.30 bits per heavy atom. The summed E-state index contributed by atoms with van der Waals surface area (Å²) in [5.74, 6) is 0.326. The fourth-order valence-corrected chi connectivity index (χ4v) is 4.43. The Morgan fingerprint density at radius 3 is 2.78 bits per heavy atom. The van der Waals surface area contributed by atoms with E-state index in [4.69, 9.17) is 4.42 Å². The third-order valence-electron chi connectivity index (χ3n) is 5.76. The predicted molar refractivity (Wildman–Crippen MR) is 101 cm³/mol. The molecule has 1 aliphatic carbocycles. The van der Waals surface area contributed by atoms with Crippen LogP contribution in [-0.4, -0.2) is 17.7 Å². The van der Waals surface area contributed by atoms with Crippen molar-refractivity contribution >= 4 is 17.4 Å². The van der Waals surface area contributed by atoms with Crippen LogP contribution in [0.5, 0.6) is 0 Å². The van der Waals surface area contributed by atoms with Crippen LogP contribution in [0.4, 0.5) is 10.1 Å². The van der Waals surface area contributed by atoms with Gasteiger partial charge in [0.2, 0.25) is 0 Å². The number of ketones is 1. The fraction of sp³-hybridized carbons (Fsp3) is 0.455. The number of furan rings is 1. The molecule has 0 N–H and O–H groups in total. The zero-order valence-corrected chi connectivity index (χ0v) is 16.2. The molecule has 1 aromatic carbocycles. The quantitative estimate of drug-likeness (QED) is 0.721. The summed E-state index contributed by atoms with van der Waals surface area (Å²) in [6, 6.07) is 4.51. The highest BCUT2D eigenvalue weighted by atomic mass is 19.1. The van der Waals surface area contributed by atoms with Crippen molar-refractivity contribution in [3.05, 3.63) is 52.2 Å². The maximum Gasteiger partial charge on any atom is 0.294 e. The van der Waals surface area contributed by atoms with Gasteiger partial charge in [-0.15, -0.1) is 0 Å². The highest BCUT2D eigenvalue weighted by Crippen LogP contribution is 2.40. The number of rotatable bonds is 1. The fourth-order valence-electron chi connectivity index (χ4n) is 4.43. The Hall–Kier alpha value is -2.43. The van der Waals surface area contributed by atoms with Crippen molar-refractivity contribution in [1.29, 1.82) is 0 Å². The first-order valence-corrected chi connectivity index (χ1v) is 9.45. The molecule has 5 heteroatoms. The standard InChI is InChI=1S/C22H24FNO3/c1-12-5-6-14-9-15(23)7-8-16(14)24(12)21(26)20-13(2)19-17(25)10-22(3,4)11-18(19)27-20/h7-9,12H,5-6,10-11H2,1-4H3. The number of hydrogen-bond acceptors (Lipinski definition) is 3. The normalized spacial score (nSPS) is 21.0. The van der Waals surface area contributed by atoms with Gasteiger partial charge in [-0.2, -0.15) is 0 Å². The third kappa shape index (κ3) is 2.89. The second-order valence-corrected chi connectivity index (χ2v) is 8.63. The van der Waals surface area contributed by atoms with E-state index in [9.17, 15) is 14.0 Å². The number of carbonyl (C=O) groups excluding carboxylic acids is 2. The Morgan fingerprint density at radius 2 is 2.04 bits per heavy atom. The van der Waals surface area contributed by atoms with Crippen LogP contribution in [0.15, 0.2) is 22.6 Å². The number of amides is 1. The van der Waals surface area contributed by atoms with Gasteiger partial charge in [0.05, 0.1) is 5.56 Å². The van der Waals surface area contributed by atoms with E-state index in [0.29, 0.717) is 29.7 Å². The maximum atomic E-state index is 13.6. The maximum absolute atomic E-state index is 13.6. The summed E-state index contributed by atoms with van der Waals surface area (Å²) in [7, 11) is 0. The van der Waals surface area contributed by atoms with Crippen LogP contribution >= 0.6 is 0 Å². The molecule has 0 saturated carbocycles. The molecule has 1 aliphatic heterocycles. The Balaban J connectivity index is 1.78. The molecule has 0 fully saturated rings. The van der Waals surface area contributed by atoms with Crippen LogP contribution < -0.4 is 4.90 Å². The molecule has 0 spiro atoms. The lowest BCUT2D eigenvalue weighted by atomic mass is 9.76. The van der Waals surface area contributed by atoms with Crippen LogP contribution in [0.3, 0.4) is 0 Å². The molecule has 2 aliphatic rings. The SMILES string of the molecule is Cc1c(C(=O)N2c3ccc(F)cc3CCC2C)oc2c1C(=O)CC(C)(C)C2. The van der Waals surface area contributed by atoms with Crippen LogP contribution in [0.1, 0.15) is 71.4 Å². The van der Waals surface area contributed by atoms with Gasteiger partial charge in [0.15, 0.2) is 11.5 Å². The Labute approximate surface area is 158 Å². The zero-order valence-electron chi connectivity index (χ0n) is 16.2. The average molecular weight is 369 g/mol. The topological polar surface area (TPSA) is 50.5 Å². The summed E-state index contributed by atoms with van der Waals surface area (Å²) in [6.07, 6.45) is 2.59. The van der Waals surface area contributed by atoms with Gasteiger partial charge in [-0.1, -0.05) is 13.8 Å². The van der Waals surface area contributed by atoms with Crippen molar-refractivity contribution < 1.29 is 18.4 Å². The predicted octanol–water partition coefficient (Wildman–Crippen LogP) is 4.86. The summed E-state index contributed by atoms with van der Waals surface area (Å²) >= 11 is 0. The van der Waals surface area contributed by atoms with Crippen molar-refractivity contribution in [2.75, 3.05) is 4.90 Å². The molecule has 1 atom stereocenters. The van der Waals surface area contributed by atoms with Crippen LogP contribution in [0.25, 0.3) is 0 Å². The van der Waals surface area contributed by atoms with Gasteiger partial charge in [-0.05, 0) is 55.9 Å². The summed E-state index contributed by atoms with van der Waals surface area (Å²) in [5, 5.41) is 0. The second-order valence-electron chi connectivity index (χ2n) is 8.63. The van der Waals surface area contributed by atoms with Gasteiger partial charge in [0, 0.05) is 30.1 Å². The Kier molecular flexibility index (Phi) is 4.02. The summed E-state index contributed by atoms with van der Waals surface area (Å²) in [5.41, 5.74) is 2.57. The first-order valence-electron chi connectivity index (χ1n) is 9.45. The van der Waals surface area contributed by atoms with Gasteiger partial charge >= 0.3 is 0 Å². The monoisotopic (exact) mass is 369 g/mol. The van der Waals surface area contributed by atoms with Gasteiger partial charge in [-0.25, -0.2) is 4.39 Å². The minimum absolute atomic E-state index is 0.0240. The number of benzene rings is 1. The van der Waals surface area contributed by atoms with Gasteiger partial charge in [0.25, 0.3) is 5.91 Å². The Bertz CT molecular complexity index is 957. The number of Topliss-reactive ketones (excluding diaryl/α,β-unsaturated/α-hetero) is 1. The van der Waals surface area contributed by atoms with Crippen LogP contribution in [0, 0.1) is 18.2 Å². The van der Waals surface area contributed by atoms with Crippen molar-refractivity contribution in [3.63, 3.8) is 0 Å². The summed E-state index contributed by atoms with van der Waals surface area (Å²) in [6.45, 7) is 7.83. The van der Waals surface area contributed by atoms with Gasteiger partial charge < -0.3 is 9.32 Å². The molecular formula is C22H24FNO3. The molecule has 0 saturated heterocycles. The lowest BCUT2D eigenvalue weighted by Gasteiger charge is -2.34. The molecule has 2 aromatic rings. The molecule has 2 heterocycles.